The topological polar surface area (TPSA) is 74.1 Å². The highest BCUT2D eigenvalue weighted by atomic mass is 32.2. The van der Waals surface area contributed by atoms with Crippen molar-refractivity contribution in [2.75, 3.05) is 7.05 Å². The molecule has 1 unspecified atom stereocenters. The highest BCUT2D eigenvalue weighted by Crippen LogP contribution is 2.30. The Morgan fingerprint density at radius 2 is 1.88 bits per heavy atom. The normalized spacial score (nSPS) is 13.0. The van der Waals surface area contributed by atoms with E-state index in [1.807, 2.05) is 37.3 Å². The Morgan fingerprint density at radius 1 is 1.20 bits per heavy atom. The van der Waals surface area contributed by atoms with Gasteiger partial charge in [0.1, 0.15) is 5.01 Å². The molecule has 7 heteroatoms. The van der Waals surface area contributed by atoms with E-state index in [9.17, 15) is 8.42 Å². The van der Waals surface area contributed by atoms with E-state index in [2.05, 4.69) is 4.98 Å². The molecule has 3 aromatic rings. The summed E-state index contributed by atoms with van der Waals surface area (Å²) in [5.74, 6) is -0.107. The fourth-order valence-electron chi connectivity index (χ4n) is 2.45. The van der Waals surface area contributed by atoms with Gasteiger partial charge in [0.2, 0.25) is 10.0 Å². The van der Waals surface area contributed by atoms with Gasteiger partial charge in [-0.25, -0.2) is 13.4 Å². The van der Waals surface area contributed by atoms with Crippen molar-refractivity contribution in [3.8, 4) is 6.07 Å². The fraction of sp³-hybridized carbons (Fsp3) is 0.222. The van der Waals surface area contributed by atoms with Crippen LogP contribution in [-0.4, -0.2) is 24.8 Å². The van der Waals surface area contributed by atoms with Gasteiger partial charge >= 0.3 is 0 Å². The van der Waals surface area contributed by atoms with E-state index >= 15 is 0 Å². The molecule has 0 spiro atoms. The van der Waals surface area contributed by atoms with Crippen molar-refractivity contribution in [1.29, 1.82) is 5.26 Å². The first-order valence-electron chi connectivity index (χ1n) is 7.71. The molecule has 25 heavy (non-hydrogen) atoms. The highest BCUT2D eigenvalue weighted by molar-refractivity contribution is 7.88. The summed E-state index contributed by atoms with van der Waals surface area (Å²) in [5.41, 5.74) is 2.05. The molecule has 0 aliphatic heterocycles. The number of rotatable bonds is 5. The molecule has 2 aromatic carbocycles. The Labute approximate surface area is 151 Å². The van der Waals surface area contributed by atoms with E-state index in [0.717, 1.165) is 15.2 Å². The first-order valence-corrected chi connectivity index (χ1v) is 10.1. The summed E-state index contributed by atoms with van der Waals surface area (Å²) >= 11 is 1.51. The largest absolute Gasteiger partial charge is 0.239 e. The summed E-state index contributed by atoms with van der Waals surface area (Å²) < 4.78 is 27.9. The quantitative estimate of drug-likeness (QED) is 0.685. The van der Waals surface area contributed by atoms with E-state index in [1.165, 1.54) is 15.6 Å². The Morgan fingerprint density at radius 3 is 2.52 bits per heavy atom. The zero-order chi connectivity index (χ0) is 18.0. The number of aromatic nitrogens is 1. The van der Waals surface area contributed by atoms with Gasteiger partial charge in [0, 0.05) is 7.05 Å². The molecule has 3 rings (SSSR count). The number of hydrogen-bond donors (Lipinski definition) is 0. The summed E-state index contributed by atoms with van der Waals surface area (Å²) in [7, 11) is -1.92. The number of nitriles is 1. The van der Waals surface area contributed by atoms with E-state index in [1.54, 1.807) is 31.3 Å². The summed E-state index contributed by atoms with van der Waals surface area (Å²) in [5, 5.41) is 9.60. The third-order valence-corrected chi connectivity index (χ3v) is 7.18. The van der Waals surface area contributed by atoms with Crippen molar-refractivity contribution < 1.29 is 8.42 Å². The molecule has 128 valence electrons. The third kappa shape index (κ3) is 3.71. The van der Waals surface area contributed by atoms with Gasteiger partial charge in [-0.15, -0.1) is 11.3 Å². The van der Waals surface area contributed by atoms with Crippen LogP contribution in [0.4, 0.5) is 0 Å². The second-order valence-electron chi connectivity index (χ2n) is 5.78. The van der Waals surface area contributed by atoms with Crippen LogP contribution in [0.5, 0.6) is 0 Å². The van der Waals surface area contributed by atoms with Crippen LogP contribution in [0.1, 0.15) is 29.1 Å². The molecule has 0 N–H and O–H groups in total. The summed E-state index contributed by atoms with van der Waals surface area (Å²) in [6, 6.07) is 16.0. The third-order valence-electron chi connectivity index (χ3n) is 4.08. The van der Waals surface area contributed by atoms with Crippen LogP contribution < -0.4 is 0 Å². The van der Waals surface area contributed by atoms with Crippen LogP contribution in [0.2, 0.25) is 0 Å². The van der Waals surface area contributed by atoms with Gasteiger partial charge in [0.15, 0.2) is 0 Å². The van der Waals surface area contributed by atoms with Crippen molar-refractivity contribution in [2.45, 2.75) is 18.7 Å². The average molecular weight is 371 g/mol. The average Bonchev–Trinajstić information content (AvgIpc) is 3.05. The predicted molar refractivity (Wildman–Crippen MR) is 99.6 cm³/mol. The molecule has 0 radical (unpaired) electrons. The minimum absolute atomic E-state index is 0.107. The molecule has 0 amide bonds. The predicted octanol–water partition coefficient (Wildman–Crippen LogP) is 3.69. The minimum Gasteiger partial charge on any atom is -0.239 e. The zero-order valence-electron chi connectivity index (χ0n) is 13.9. The van der Waals surface area contributed by atoms with E-state index in [-0.39, 0.29) is 11.8 Å². The standard InChI is InChI=1S/C18H17N3O2S2/c1-13(18-20-16-5-3-4-6-17(16)24-18)21(2)25(22,23)12-15-9-7-14(11-19)8-10-15/h3-10,13H,12H2,1-2H3. The van der Waals surface area contributed by atoms with Crippen molar-refractivity contribution in [1.82, 2.24) is 9.29 Å². The van der Waals surface area contributed by atoms with Gasteiger partial charge in [-0.05, 0) is 36.8 Å². The lowest BCUT2D eigenvalue weighted by Gasteiger charge is -2.22. The first kappa shape index (κ1) is 17.5. The van der Waals surface area contributed by atoms with Crippen LogP contribution in [0.3, 0.4) is 0 Å². The van der Waals surface area contributed by atoms with E-state index in [4.69, 9.17) is 5.26 Å². The van der Waals surface area contributed by atoms with Gasteiger partial charge in [-0.2, -0.15) is 9.57 Å². The Bertz CT molecular complexity index is 1000. The molecule has 1 aromatic heterocycles. The van der Waals surface area contributed by atoms with Crippen LogP contribution in [-0.2, 0) is 15.8 Å². The summed E-state index contributed by atoms with van der Waals surface area (Å²) in [4.78, 5) is 4.55. The maximum atomic E-state index is 12.7. The Kier molecular flexibility index (Phi) is 4.86. The second kappa shape index (κ2) is 6.92. The molecule has 0 saturated heterocycles. The molecular formula is C18H17N3O2S2. The number of benzene rings is 2. The molecule has 0 saturated carbocycles. The van der Waals surface area contributed by atoms with Crippen LogP contribution in [0.15, 0.2) is 48.5 Å². The molecule has 1 heterocycles. The molecule has 5 nitrogen and oxygen atoms in total. The smallest absolute Gasteiger partial charge is 0.218 e. The lowest BCUT2D eigenvalue weighted by atomic mass is 10.2. The van der Waals surface area contributed by atoms with Gasteiger partial charge in [-0.3, -0.25) is 0 Å². The highest BCUT2D eigenvalue weighted by Gasteiger charge is 2.26. The van der Waals surface area contributed by atoms with Gasteiger partial charge in [0.25, 0.3) is 0 Å². The number of para-hydroxylation sites is 1. The van der Waals surface area contributed by atoms with Gasteiger partial charge < -0.3 is 0 Å². The number of sulfonamides is 1. The summed E-state index contributed by atoms with van der Waals surface area (Å²) in [6.07, 6.45) is 0. The van der Waals surface area contributed by atoms with Gasteiger partial charge in [0.05, 0.1) is 33.6 Å². The Hall–Kier alpha value is -2.27. The van der Waals surface area contributed by atoms with Crippen molar-refractivity contribution in [2.24, 2.45) is 0 Å². The van der Waals surface area contributed by atoms with Crippen molar-refractivity contribution in [3.05, 3.63) is 64.7 Å². The zero-order valence-corrected chi connectivity index (χ0v) is 15.5. The molecule has 0 fully saturated rings. The Balaban J connectivity index is 1.81. The van der Waals surface area contributed by atoms with E-state index < -0.39 is 10.0 Å². The second-order valence-corrected chi connectivity index (χ2v) is 8.87. The molecule has 1 atom stereocenters. The van der Waals surface area contributed by atoms with E-state index in [0.29, 0.717) is 11.1 Å². The number of hydrogen-bond acceptors (Lipinski definition) is 5. The molecule has 0 aliphatic carbocycles. The van der Waals surface area contributed by atoms with Crippen LogP contribution >= 0.6 is 11.3 Å². The number of nitrogens with zero attached hydrogens (tertiary/aromatic N) is 3. The van der Waals surface area contributed by atoms with Gasteiger partial charge in [-0.1, -0.05) is 24.3 Å². The summed E-state index contributed by atoms with van der Waals surface area (Å²) in [6.45, 7) is 1.84. The molecule has 0 bridgehead atoms. The number of fused-ring (bicyclic) bond motifs is 1. The lowest BCUT2D eigenvalue weighted by molar-refractivity contribution is 0.397. The first-order chi connectivity index (χ1) is 11.9. The minimum atomic E-state index is -3.50. The van der Waals surface area contributed by atoms with Crippen LogP contribution in [0, 0.1) is 11.3 Å². The van der Waals surface area contributed by atoms with Crippen LogP contribution in [0.25, 0.3) is 10.2 Å². The van der Waals surface area contributed by atoms with Crippen molar-refractivity contribution in [3.63, 3.8) is 0 Å². The monoisotopic (exact) mass is 371 g/mol. The molecular weight excluding hydrogens is 354 g/mol. The van der Waals surface area contributed by atoms with Crippen molar-refractivity contribution >= 4 is 31.6 Å². The lowest BCUT2D eigenvalue weighted by Crippen LogP contribution is -2.30. The SMILES string of the molecule is CC(c1nc2ccccc2s1)N(C)S(=O)(=O)Cc1ccc(C#N)cc1. The maximum Gasteiger partial charge on any atom is 0.218 e. The fourth-order valence-corrected chi connectivity index (χ4v) is 4.98. The molecule has 0 aliphatic rings. The number of thiazole rings is 1. The maximum absolute atomic E-state index is 12.7.